The van der Waals surface area contributed by atoms with Gasteiger partial charge in [0, 0.05) is 0 Å². The molecule has 1 saturated carbocycles. The van der Waals surface area contributed by atoms with Gasteiger partial charge in [-0.2, -0.15) is 0 Å². The highest BCUT2D eigenvalue weighted by molar-refractivity contribution is 5.86. The van der Waals surface area contributed by atoms with Crippen molar-refractivity contribution in [1.82, 2.24) is 0 Å². The van der Waals surface area contributed by atoms with Gasteiger partial charge in [0.1, 0.15) is 12.2 Å². The van der Waals surface area contributed by atoms with Crippen molar-refractivity contribution in [3.8, 4) is 0 Å². The topological polar surface area (TPSA) is 38.8 Å². The van der Waals surface area contributed by atoms with Gasteiger partial charge in [0.25, 0.3) is 0 Å². The van der Waals surface area contributed by atoms with Crippen LogP contribution in [-0.4, -0.2) is 12.1 Å². The molecule has 1 saturated heterocycles. The van der Waals surface area contributed by atoms with Crippen LogP contribution in [-0.2, 0) is 19.9 Å². The molecule has 23 heavy (non-hydrogen) atoms. The zero-order chi connectivity index (χ0) is 15.9. The Kier molecular flexibility index (Phi) is 3.46. The first kappa shape index (κ1) is 14.5. The van der Waals surface area contributed by atoms with Crippen molar-refractivity contribution in [2.45, 2.75) is 44.0 Å². The smallest absolute Gasteiger partial charge is 0.346 e. The van der Waals surface area contributed by atoms with Gasteiger partial charge in [0.15, 0.2) is 0 Å². The molecule has 0 amide bonds. The van der Waals surface area contributed by atoms with E-state index in [1.807, 2.05) is 61.5 Å². The lowest BCUT2D eigenvalue weighted by molar-refractivity contribution is -0.160. The molecule has 4 rings (SSSR count). The molecule has 2 fully saturated rings. The molecular weight excluding hydrogens is 288 g/mol. The number of hydrogen-bond donors (Lipinski definition) is 0. The van der Waals surface area contributed by atoms with Crippen LogP contribution in [0.4, 0.5) is 0 Å². The Hall–Kier alpha value is -2.13. The normalized spacial score (nSPS) is 26.4. The van der Waals surface area contributed by atoms with E-state index in [0.717, 1.165) is 30.4 Å². The largest absolute Gasteiger partial charge is 0.460 e. The predicted octanol–water partition coefficient (Wildman–Crippen LogP) is 4.06. The number of hydrogen-bond acceptors (Lipinski definition) is 3. The van der Waals surface area contributed by atoms with Gasteiger partial charge in [-0.3, -0.25) is 0 Å². The summed E-state index contributed by atoms with van der Waals surface area (Å²) in [7, 11) is 0. The van der Waals surface area contributed by atoms with Crippen molar-refractivity contribution in [2.75, 3.05) is 0 Å². The van der Waals surface area contributed by atoms with E-state index in [1.165, 1.54) is 5.56 Å². The second-order valence-corrected chi connectivity index (χ2v) is 6.47. The summed E-state index contributed by atoms with van der Waals surface area (Å²) in [5, 5.41) is 0. The first-order chi connectivity index (χ1) is 11.2. The van der Waals surface area contributed by atoms with E-state index < -0.39 is 5.60 Å². The number of carbonyl (C=O) groups is 1. The zero-order valence-corrected chi connectivity index (χ0v) is 13.2. The maximum Gasteiger partial charge on any atom is 0.346 e. The summed E-state index contributed by atoms with van der Waals surface area (Å²) >= 11 is 0. The number of epoxide rings is 1. The number of benzene rings is 2. The van der Waals surface area contributed by atoms with Crippen LogP contribution in [0.2, 0.25) is 0 Å². The summed E-state index contributed by atoms with van der Waals surface area (Å²) < 4.78 is 11.7. The third kappa shape index (κ3) is 2.45. The molecular formula is C20H20O3. The Bertz CT molecular complexity index is 703. The maximum absolute atomic E-state index is 12.8. The van der Waals surface area contributed by atoms with E-state index in [2.05, 4.69) is 0 Å². The SMILES string of the molecule is Cc1ccc(C2OC2(C(=O)OC2CCC2)c2ccccc2)cc1. The summed E-state index contributed by atoms with van der Waals surface area (Å²) in [6.45, 7) is 2.05. The first-order valence-corrected chi connectivity index (χ1v) is 8.21. The highest BCUT2D eigenvalue weighted by Crippen LogP contribution is 2.58. The molecule has 2 unspecified atom stereocenters. The number of carbonyl (C=O) groups excluding carboxylic acids is 1. The molecule has 3 heteroatoms. The third-order valence-corrected chi connectivity index (χ3v) is 4.83. The van der Waals surface area contributed by atoms with E-state index in [4.69, 9.17) is 9.47 Å². The minimum Gasteiger partial charge on any atom is -0.460 e. The van der Waals surface area contributed by atoms with Gasteiger partial charge >= 0.3 is 5.97 Å². The minimum atomic E-state index is -0.980. The van der Waals surface area contributed by atoms with E-state index in [-0.39, 0.29) is 18.2 Å². The number of ether oxygens (including phenoxy) is 2. The van der Waals surface area contributed by atoms with E-state index in [9.17, 15) is 4.79 Å². The van der Waals surface area contributed by atoms with Gasteiger partial charge in [-0.25, -0.2) is 4.79 Å². The van der Waals surface area contributed by atoms with Crippen LogP contribution in [0.25, 0.3) is 0 Å². The van der Waals surface area contributed by atoms with Crippen molar-refractivity contribution < 1.29 is 14.3 Å². The van der Waals surface area contributed by atoms with Crippen molar-refractivity contribution in [1.29, 1.82) is 0 Å². The standard InChI is InChI=1S/C20H20O3/c1-14-10-12-15(13-11-14)18-20(23-18,16-6-3-2-4-7-16)19(21)22-17-8-5-9-17/h2-4,6-7,10-13,17-18H,5,8-9H2,1H3. The Labute approximate surface area is 136 Å². The van der Waals surface area contributed by atoms with Gasteiger partial charge in [0.05, 0.1) is 0 Å². The van der Waals surface area contributed by atoms with Gasteiger partial charge < -0.3 is 9.47 Å². The van der Waals surface area contributed by atoms with Gasteiger partial charge in [-0.15, -0.1) is 0 Å². The first-order valence-electron chi connectivity index (χ1n) is 8.21. The molecule has 0 spiro atoms. The van der Waals surface area contributed by atoms with Crippen molar-refractivity contribution in [3.05, 3.63) is 71.3 Å². The molecule has 0 bridgehead atoms. The summed E-state index contributed by atoms with van der Waals surface area (Å²) in [5.74, 6) is -0.251. The Morgan fingerprint density at radius 3 is 2.39 bits per heavy atom. The highest BCUT2D eigenvalue weighted by Gasteiger charge is 2.66. The fraction of sp³-hybridized carbons (Fsp3) is 0.350. The van der Waals surface area contributed by atoms with E-state index in [0.29, 0.717) is 0 Å². The van der Waals surface area contributed by atoms with Crippen LogP contribution in [0.1, 0.15) is 42.1 Å². The molecule has 2 aromatic rings. The number of esters is 1. The predicted molar refractivity (Wildman–Crippen MR) is 86.9 cm³/mol. The molecule has 2 aliphatic rings. The average Bonchev–Trinajstić information content (AvgIpc) is 3.29. The fourth-order valence-electron chi connectivity index (χ4n) is 3.10. The molecule has 3 nitrogen and oxygen atoms in total. The molecule has 118 valence electrons. The molecule has 0 radical (unpaired) electrons. The van der Waals surface area contributed by atoms with Crippen LogP contribution in [0, 0.1) is 6.92 Å². The summed E-state index contributed by atoms with van der Waals surface area (Å²) in [6.07, 6.45) is 2.86. The second-order valence-electron chi connectivity index (χ2n) is 6.47. The van der Waals surface area contributed by atoms with Crippen LogP contribution >= 0.6 is 0 Å². The molecule has 1 aliphatic carbocycles. The average molecular weight is 308 g/mol. The van der Waals surface area contributed by atoms with Crippen molar-refractivity contribution >= 4 is 5.97 Å². The maximum atomic E-state index is 12.8. The number of rotatable bonds is 4. The second kappa shape index (κ2) is 5.50. The fourth-order valence-corrected chi connectivity index (χ4v) is 3.10. The van der Waals surface area contributed by atoms with Crippen molar-refractivity contribution in [3.63, 3.8) is 0 Å². The molecule has 0 N–H and O–H groups in total. The summed E-state index contributed by atoms with van der Waals surface area (Å²) in [4.78, 5) is 12.8. The lowest BCUT2D eigenvalue weighted by Gasteiger charge is -2.27. The van der Waals surface area contributed by atoms with Crippen molar-refractivity contribution in [2.24, 2.45) is 0 Å². The minimum absolute atomic E-state index is 0.0611. The van der Waals surface area contributed by atoms with Crippen LogP contribution in [0.15, 0.2) is 54.6 Å². The van der Waals surface area contributed by atoms with Gasteiger partial charge in [-0.05, 0) is 37.3 Å². The molecule has 0 aromatic heterocycles. The molecule has 1 heterocycles. The molecule has 2 atom stereocenters. The molecule has 2 aromatic carbocycles. The van der Waals surface area contributed by atoms with Crippen LogP contribution in [0.5, 0.6) is 0 Å². The Morgan fingerprint density at radius 1 is 1.09 bits per heavy atom. The van der Waals surface area contributed by atoms with Crippen LogP contribution in [0.3, 0.4) is 0 Å². The van der Waals surface area contributed by atoms with E-state index in [1.54, 1.807) is 0 Å². The van der Waals surface area contributed by atoms with Gasteiger partial charge in [-0.1, -0.05) is 60.2 Å². The summed E-state index contributed by atoms with van der Waals surface area (Å²) in [5.41, 5.74) is 2.10. The Balaban J connectivity index is 1.66. The van der Waals surface area contributed by atoms with E-state index >= 15 is 0 Å². The Morgan fingerprint density at radius 2 is 1.78 bits per heavy atom. The summed E-state index contributed by atoms with van der Waals surface area (Å²) in [6, 6.07) is 17.8. The molecule has 1 aliphatic heterocycles. The highest BCUT2D eigenvalue weighted by atomic mass is 16.7. The monoisotopic (exact) mass is 308 g/mol. The quantitative estimate of drug-likeness (QED) is 0.631. The third-order valence-electron chi connectivity index (χ3n) is 4.83. The van der Waals surface area contributed by atoms with Crippen LogP contribution < -0.4 is 0 Å². The number of aryl methyl sites for hydroxylation is 1. The lowest BCUT2D eigenvalue weighted by Crippen LogP contribution is -2.33. The van der Waals surface area contributed by atoms with Gasteiger partial charge in [0.2, 0.25) is 5.60 Å². The zero-order valence-electron chi connectivity index (χ0n) is 13.2. The lowest BCUT2D eigenvalue weighted by atomic mass is 9.90.